The van der Waals surface area contributed by atoms with Gasteiger partial charge in [-0.25, -0.2) is 0 Å². The van der Waals surface area contributed by atoms with E-state index in [0.717, 1.165) is 22.2 Å². The van der Waals surface area contributed by atoms with E-state index in [9.17, 15) is 0 Å². The predicted octanol–water partition coefficient (Wildman–Crippen LogP) is 2.84. The number of para-hydroxylation sites is 1. The van der Waals surface area contributed by atoms with Crippen LogP contribution in [0.25, 0.3) is 0 Å². The van der Waals surface area contributed by atoms with Crippen LogP contribution < -0.4 is 4.74 Å². The fraction of sp³-hybridized carbons (Fsp3) is 0.333. The van der Waals surface area contributed by atoms with Crippen LogP contribution >= 0.6 is 22.9 Å². The first-order valence-electron chi connectivity index (χ1n) is 5.48. The van der Waals surface area contributed by atoms with Crippen molar-refractivity contribution in [1.29, 1.82) is 0 Å². The van der Waals surface area contributed by atoms with Crippen LogP contribution in [0.5, 0.6) is 5.75 Å². The fourth-order valence-corrected chi connectivity index (χ4v) is 3.19. The molecular weight excluding hydrogens is 256 g/mol. The molecule has 1 atom stereocenters. The number of aryl methyl sites for hydroxylation is 1. The number of nitrogens with zero attached hydrogens (tertiary/aromatic N) is 2. The number of rotatable bonds is 3. The number of ether oxygens (including phenoxy) is 1. The summed E-state index contributed by atoms with van der Waals surface area (Å²) >= 11 is 7.33. The van der Waals surface area contributed by atoms with Crippen LogP contribution in [0.3, 0.4) is 0 Å². The normalized spacial score (nSPS) is 17.8. The third-order valence-corrected chi connectivity index (χ3v) is 4.07. The lowest BCUT2D eigenvalue weighted by molar-refractivity contribution is 0.342. The zero-order valence-corrected chi connectivity index (χ0v) is 10.7. The number of alkyl halides is 1. The Morgan fingerprint density at radius 1 is 1.35 bits per heavy atom. The highest BCUT2D eigenvalue weighted by molar-refractivity contribution is 7.11. The van der Waals surface area contributed by atoms with E-state index >= 15 is 0 Å². The Morgan fingerprint density at radius 3 is 3.12 bits per heavy atom. The van der Waals surface area contributed by atoms with Gasteiger partial charge in [-0.15, -0.1) is 33.1 Å². The van der Waals surface area contributed by atoms with Gasteiger partial charge in [0.1, 0.15) is 22.4 Å². The van der Waals surface area contributed by atoms with Gasteiger partial charge in [0.05, 0.1) is 5.92 Å². The molecule has 0 amide bonds. The van der Waals surface area contributed by atoms with E-state index in [0.29, 0.717) is 12.5 Å². The second kappa shape index (κ2) is 4.63. The second-order valence-electron chi connectivity index (χ2n) is 3.87. The molecule has 1 aliphatic rings. The summed E-state index contributed by atoms with van der Waals surface area (Å²) in [4.78, 5) is 0. The Morgan fingerprint density at radius 2 is 2.24 bits per heavy atom. The number of halogens is 1. The highest BCUT2D eigenvalue weighted by Gasteiger charge is 2.28. The van der Waals surface area contributed by atoms with E-state index < -0.39 is 0 Å². The lowest BCUT2D eigenvalue weighted by Crippen LogP contribution is -2.01. The zero-order chi connectivity index (χ0) is 11.7. The maximum atomic E-state index is 5.70. The standard InChI is InChI=1S/C12H11ClN2OS/c13-6-5-11-14-15-12(17-11)9-7-16-10-4-2-1-3-8(9)10/h1-4,9H,5-7H2. The number of hydrogen-bond donors (Lipinski definition) is 0. The molecule has 5 heteroatoms. The monoisotopic (exact) mass is 266 g/mol. The smallest absolute Gasteiger partial charge is 0.128 e. The SMILES string of the molecule is ClCCc1nnc(C2COc3ccccc32)s1. The highest BCUT2D eigenvalue weighted by Crippen LogP contribution is 2.38. The minimum Gasteiger partial charge on any atom is -0.492 e. The number of aromatic nitrogens is 2. The molecule has 3 rings (SSSR count). The molecule has 17 heavy (non-hydrogen) atoms. The molecule has 0 spiro atoms. The molecular formula is C12H11ClN2OS. The summed E-state index contributed by atoms with van der Waals surface area (Å²) < 4.78 is 5.65. The Labute approximate surface area is 108 Å². The minimum atomic E-state index is 0.229. The first-order valence-corrected chi connectivity index (χ1v) is 6.83. The molecule has 0 fully saturated rings. The second-order valence-corrected chi connectivity index (χ2v) is 5.35. The molecule has 0 bridgehead atoms. The summed E-state index contributed by atoms with van der Waals surface area (Å²) in [5.41, 5.74) is 1.21. The summed E-state index contributed by atoms with van der Waals surface area (Å²) in [5.74, 6) is 1.78. The molecule has 1 aromatic carbocycles. The van der Waals surface area contributed by atoms with Crippen LogP contribution in [-0.4, -0.2) is 22.7 Å². The lowest BCUT2D eigenvalue weighted by atomic mass is 10.0. The van der Waals surface area contributed by atoms with Crippen molar-refractivity contribution in [2.24, 2.45) is 0 Å². The fourth-order valence-electron chi connectivity index (χ4n) is 1.96. The van der Waals surface area contributed by atoms with Crippen LogP contribution in [0.15, 0.2) is 24.3 Å². The summed E-state index contributed by atoms with van der Waals surface area (Å²) in [5, 5.41) is 10.4. The molecule has 0 saturated heterocycles. The maximum Gasteiger partial charge on any atom is 0.128 e. The first-order chi connectivity index (χ1) is 8.38. The van der Waals surface area contributed by atoms with E-state index in [-0.39, 0.29) is 5.92 Å². The van der Waals surface area contributed by atoms with E-state index in [1.54, 1.807) is 11.3 Å². The van der Waals surface area contributed by atoms with Crippen LogP contribution in [0.1, 0.15) is 21.5 Å². The van der Waals surface area contributed by atoms with Crippen LogP contribution in [0, 0.1) is 0 Å². The van der Waals surface area contributed by atoms with Gasteiger partial charge in [0.15, 0.2) is 0 Å². The molecule has 2 aromatic rings. The Hall–Kier alpha value is -1.13. The van der Waals surface area contributed by atoms with Crippen molar-refractivity contribution in [3.8, 4) is 5.75 Å². The van der Waals surface area contributed by atoms with Crippen molar-refractivity contribution < 1.29 is 4.74 Å². The molecule has 2 heterocycles. The van der Waals surface area contributed by atoms with Crippen molar-refractivity contribution in [2.75, 3.05) is 12.5 Å². The van der Waals surface area contributed by atoms with Crippen molar-refractivity contribution in [3.05, 3.63) is 39.8 Å². The third-order valence-electron chi connectivity index (χ3n) is 2.79. The van der Waals surface area contributed by atoms with Crippen molar-refractivity contribution in [1.82, 2.24) is 10.2 Å². The van der Waals surface area contributed by atoms with Crippen molar-refractivity contribution in [2.45, 2.75) is 12.3 Å². The molecule has 1 unspecified atom stereocenters. The van der Waals surface area contributed by atoms with Gasteiger partial charge in [-0.3, -0.25) is 0 Å². The van der Waals surface area contributed by atoms with Crippen LogP contribution in [-0.2, 0) is 6.42 Å². The van der Waals surface area contributed by atoms with E-state index in [4.69, 9.17) is 16.3 Å². The van der Waals surface area contributed by atoms with Crippen LogP contribution in [0.4, 0.5) is 0 Å². The topological polar surface area (TPSA) is 35.0 Å². The lowest BCUT2D eigenvalue weighted by Gasteiger charge is -2.02. The Kier molecular flexibility index (Phi) is 2.99. The molecule has 0 radical (unpaired) electrons. The van der Waals surface area contributed by atoms with E-state index in [1.165, 1.54) is 5.56 Å². The summed E-state index contributed by atoms with van der Waals surface area (Å²) in [7, 11) is 0. The third kappa shape index (κ3) is 2.03. The van der Waals surface area contributed by atoms with E-state index in [1.807, 2.05) is 18.2 Å². The van der Waals surface area contributed by atoms with Gasteiger partial charge >= 0.3 is 0 Å². The van der Waals surface area contributed by atoms with Crippen molar-refractivity contribution in [3.63, 3.8) is 0 Å². The maximum absolute atomic E-state index is 5.70. The zero-order valence-electron chi connectivity index (χ0n) is 9.10. The van der Waals surface area contributed by atoms with Gasteiger partial charge in [-0.1, -0.05) is 18.2 Å². The van der Waals surface area contributed by atoms with Gasteiger partial charge < -0.3 is 4.74 Å². The number of fused-ring (bicyclic) bond motifs is 1. The predicted molar refractivity (Wildman–Crippen MR) is 68.1 cm³/mol. The Balaban J connectivity index is 1.90. The number of hydrogen-bond acceptors (Lipinski definition) is 4. The summed E-state index contributed by atoms with van der Waals surface area (Å²) in [6, 6.07) is 8.10. The van der Waals surface area contributed by atoms with Crippen LogP contribution in [0.2, 0.25) is 0 Å². The molecule has 88 valence electrons. The summed E-state index contributed by atoms with van der Waals surface area (Å²) in [6.45, 7) is 0.662. The molecule has 1 aromatic heterocycles. The molecule has 0 saturated carbocycles. The molecule has 3 nitrogen and oxygen atoms in total. The number of benzene rings is 1. The quantitative estimate of drug-likeness (QED) is 0.802. The summed E-state index contributed by atoms with van der Waals surface area (Å²) in [6.07, 6.45) is 0.786. The average molecular weight is 267 g/mol. The largest absolute Gasteiger partial charge is 0.492 e. The molecule has 0 N–H and O–H groups in total. The average Bonchev–Trinajstić information content (AvgIpc) is 2.95. The van der Waals surface area contributed by atoms with Crippen molar-refractivity contribution >= 4 is 22.9 Å². The Bertz CT molecular complexity index is 529. The van der Waals surface area contributed by atoms with Gasteiger partial charge in [0.2, 0.25) is 0 Å². The van der Waals surface area contributed by atoms with Gasteiger partial charge in [0, 0.05) is 17.9 Å². The highest BCUT2D eigenvalue weighted by atomic mass is 35.5. The van der Waals surface area contributed by atoms with E-state index in [2.05, 4.69) is 16.3 Å². The molecule has 0 aliphatic carbocycles. The van der Waals surface area contributed by atoms with Gasteiger partial charge in [-0.05, 0) is 6.07 Å². The molecule has 1 aliphatic heterocycles. The van der Waals surface area contributed by atoms with Gasteiger partial charge in [-0.2, -0.15) is 0 Å². The first kappa shape index (κ1) is 11.0. The minimum absolute atomic E-state index is 0.229. The van der Waals surface area contributed by atoms with Gasteiger partial charge in [0.25, 0.3) is 0 Å².